The SMILES string of the molecule is C/C=C(/C)C1(C)CC(=O)C(/C(CCC)=N/OCC)C(=O)O1. The van der Waals surface area contributed by atoms with Gasteiger partial charge in [-0.25, -0.2) is 0 Å². The Balaban J connectivity index is 3.03. The fraction of sp³-hybridized carbons (Fsp3) is 0.688. The van der Waals surface area contributed by atoms with Gasteiger partial charge in [0.25, 0.3) is 0 Å². The van der Waals surface area contributed by atoms with Crippen LogP contribution in [0.25, 0.3) is 0 Å². The maximum atomic E-state index is 12.5. The van der Waals surface area contributed by atoms with E-state index in [4.69, 9.17) is 9.57 Å². The molecule has 0 aromatic rings. The molecular weight excluding hydrogens is 270 g/mol. The largest absolute Gasteiger partial charge is 0.454 e. The molecular formula is C16H25NO4. The van der Waals surface area contributed by atoms with Crippen molar-refractivity contribution in [1.29, 1.82) is 0 Å². The Morgan fingerprint density at radius 2 is 2.14 bits per heavy atom. The predicted molar refractivity (Wildman–Crippen MR) is 81.0 cm³/mol. The van der Waals surface area contributed by atoms with Gasteiger partial charge in [-0.05, 0) is 39.7 Å². The highest BCUT2D eigenvalue weighted by Crippen LogP contribution is 2.33. The second kappa shape index (κ2) is 7.38. The lowest BCUT2D eigenvalue weighted by atomic mass is 9.81. The van der Waals surface area contributed by atoms with Gasteiger partial charge in [0.2, 0.25) is 0 Å². The number of allylic oxidation sites excluding steroid dienone is 1. The average Bonchev–Trinajstić information content (AvgIpc) is 2.42. The molecule has 2 unspecified atom stereocenters. The van der Waals surface area contributed by atoms with E-state index in [1.54, 1.807) is 13.8 Å². The van der Waals surface area contributed by atoms with E-state index < -0.39 is 17.5 Å². The molecule has 1 fully saturated rings. The predicted octanol–water partition coefficient (Wildman–Crippen LogP) is 3.04. The van der Waals surface area contributed by atoms with Gasteiger partial charge in [-0.15, -0.1) is 0 Å². The summed E-state index contributed by atoms with van der Waals surface area (Å²) < 4.78 is 5.55. The Kier molecular flexibility index (Phi) is 6.12. The number of Topliss-reactive ketones (excluding diaryl/α,β-unsaturated/α-hetero) is 1. The Morgan fingerprint density at radius 3 is 2.62 bits per heavy atom. The molecule has 0 spiro atoms. The van der Waals surface area contributed by atoms with E-state index in [0.29, 0.717) is 18.7 Å². The van der Waals surface area contributed by atoms with Crippen LogP contribution in [-0.2, 0) is 19.2 Å². The van der Waals surface area contributed by atoms with Gasteiger partial charge in [0.05, 0.1) is 12.1 Å². The van der Waals surface area contributed by atoms with Crippen LogP contribution in [0.1, 0.15) is 53.9 Å². The van der Waals surface area contributed by atoms with Crippen molar-refractivity contribution in [3.8, 4) is 0 Å². The number of ether oxygens (including phenoxy) is 1. The summed E-state index contributed by atoms with van der Waals surface area (Å²) in [4.78, 5) is 29.8. The van der Waals surface area contributed by atoms with Crippen LogP contribution in [0.15, 0.2) is 16.8 Å². The summed E-state index contributed by atoms with van der Waals surface area (Å²) in [6.07, 6.45) is 3.37. The Morgan fingerprint density at radius 1 is 1.48 bits per heavy atom. The van der Waals surface area contributed by atoms with Crippen LogP contribution in [0.4, 0.5) is 0 Å². The van der Waals surface area contributed by atoms with Gasteiger partial charge in [0.15, 0.2) is 11.7 Å². The van der Waals surface area contributed by atoms with Crippen molar-refractivity contribution in [2.45, 2.75) is 59.5 Å². The Hall–Kier alpha value is -1.65. The van der Waals surface area contributed by atoms with Crippen LogP contribution in [-0.4, -0.2) is 29.7 Å². The molecule has 0 aromatic carbocycles. The number of nitrogens with zero attached hydrogens (tertiary/aromatic N) is 1. The third kappa shape index (κ3) is 3.93. The molecule has 1 heterocycles. The number of rotatable bonds is 6. The van der Waals surface area contributed by atoms with E-state index >= 15 is 0 Å². The fourth-order valence-electron chi connectivity index (χ4n) is 2.38. The van der Waals surface area contributed by atoms with Gasteiger partial charge in [-0.3, -0.25) is 9.59 Å². The molecule has 5 heteroatoms. The smallest absolute Gasteiger partial charge is 0.323 e. The fourth-order valence-corrected chi connectivity index (χ4v) is 2.38. The molecule has 0 bridgehead atoms. The van der Waals surface area contributed by atoms with E-state index in [2.05, 4.69) is 5.16 Å². The minimum absolute atomic E-state index is 0.151. The van der Waals surface area contributed by atoms with Crippen LogP contribution >= 0.6 is 0 Å². The standard InChI is InChI=1S/C16H25NO4/c1-6-9-12(17-20-8-3)14-13(18)10-16(5,11(4)7-2)21-15(14)19/h7,14H,6,8-10H2,1-5H3/b11-7-,17-12+. The summed E-state index contributed by atoms with van der Waals surface area (Å²) in [7, 11) is 0. The second-order valence-electron chi connectivity index (χ2n) is 5.45. The molecule has 0 aliphatic carbocycles. The van der Waals surface area contributed by atoms with Gasteiger partial charge >= 0.3 is 5.97 Å². The maximum absolute atomic E-state index is 12.5. The zero-order valence-corrected chi connectivity index (χ0v) is 13.6. The number of oxime groups is 1. The van der Waals surface area contributed by atoms with E-state index in [0.717, 1.165) is 12.0 Å². The lowest BCUT2D eigenvalue weighted by molar-refractivity contribution is -0.168. The van der Waals surface area contributed by atoms with E-state index in [1.165, 1.54) is 0 Å². The van der Waals surface area contributed by atoms with Crippen molar-refractivity contribution < 1.29 is 19.2 Å². The minimum Gasteiger partial charge on any atom is -0.454 e. The molecule has 2 atom stereocenters. The normalized spacial score (nSPS) is 27.6. The van der Waals surface area contributed by atoms with E-state index in [9.17, 15) is 9.59 Å². The first kappa shape index (κ1) is 17.4. The molecule has 0 N–H and O–H groups in total. The van der Waals surface area contributed by atoms with Gasteiger partial charge in [-0.2, -0.15) is 0 Å². The highest BCUT2D eigenvalue weighted by atomic mass is 16.6. The number of hydrogen-bond donors (Lipinski definition) is 0. The average molecular weight is 295 g/mol. The molecule has 118 valence electrons. The van der Waals surface area contributed by atoms with Gasteiger partial charge in [0.1, 0.15) is 12.2 Å². The van der Waals surface area contributed by atoms with Crippen LogP contribution < -0.4 is 0 Å². The maximum Gasteiger partial charge on any atom is 0.323 e. The molecule has 1 saturated heterocycles. The quantitative estimate of drug-likeness (QED) is 0.248. The Labute approximate surface area is 126 Å². The molecule has 5 nitrogen and oxygen atoms in total. The summed E-state index contributed by atoms with van der Waals surface area (Å²) in [5, 5.41) is 3.95. The second-order valence-corrected chi connectivity index (χ2v) is 5.45. The first-order valence-corrected chi connectivity index (χ1v) is 7.47. The molecule has 0 saturated carbocycles. The molecule has 0 radical (unpaired) electrons. The van der Waals surface area contributed by atoms with Crippen LogP contribution in [0.3, 0.4) is 0 Å². The summed E-state index contributed by atoms with van der Waals surface area (Å²) in [5.74, 6) is -1.60. The summed E-state index contributed by atoms with van der Waals surface area (Å²) in [6.45, 7) is 9.67. The van der Waals surface area contributed by atoms with Crippen molar-refractivity contribution in [3.63, 3.8) is 0 Å². The molecule has 1 aliphatic rings. The molecule has 21 heavy (non-hydrogen) atoms. The van der Waals surface area contributed by atoms with Crippen molar-refractivity contribution in [3.05, 3.63) is 11.6 Å². The highest BCUT2D eigenvalue weighted by molar-refractivity contribution is 6.20. The van der Waals surface area contributed by atoms with Gasteiger partial charge in [-0.1, -0.05) is 24.6 Å². The third-order valence-corrected chi connectivity index (χ3v) is 3.81. The van der Waals surface area contributed by atoms with Gasteiger partial charge < -0.3 is 9.57 Å². The number of esters is 1. The number of carbonyl (C=O) groups excluding carboxylic acids is 2. The minimum atomic E-state index is -0.922. The summed E-state index contributed by atoms with van der Waals surface area (Å²) in [5.41, 5.74) is 0.499. The number of ketones is 1. The van der Waals surface area contributed by atoms with Crippen molar-refractivity contribution in [2.75, 3.05) is 6.61 Å². The van der Waals surface area contributed by atoms with Crippen molar-refractivity contribution in [2.24, 2.45) is 11.1 Å². The summed E-state index contributed by atoms with van der Waals surface area (Å²) >= 11 is 0. The number of carbonyl (C=O) groups is 2. The zero-order chi connectivity index (χ0) is 16.0. The molecule has 1 rings (SSSR count). The highest BCUT2D eigenvalue weighted by Gasteiger charge is 2.46. The van der Waals surface area contributed by atoms with Crippen molar-refractivity contribution >= 4 is 17.5 Å². The number of hydrogen-bond acceptors (Lipinski definition) is 5. The summed E-state index contributed by atoms with van der Waals surface area (Å²) in [6, 6.07) is 0. The molecule has 0 aromatic heterocycles. The Bertz CT molecular complexity index is 447. The molecule has 0 amide bonds. The topological polar surface area (TPSA) is 65.0 Å². The lowest BCUT2D eigenvalue weighted by Crippen LogP contribution is -2.49. The first-order valence-electron chi connectivity index (χ1n) is 7.47. The zero-order valence-electron chi connectivity index (χ0n) is 13.6. The van der Waals surface area contributed by atoms with E-state index in [-0.39, 0.29) is 12.2 Å². The lowest BCUT2D eigenvalue weighted by Gasteiger charge is -2.36. The molecule has 1 aliphatic heterocycles. The number of cyclic esters (lactones) is 1. The van der Waals surface area contributed by atoms with Gasteiger partial charge in [0, 0.05) is 0 Å². The third-order valence-electron chi connectivity index (χ3n) is 3.81. The van der Waals surface area contributed by atoms with Crippen LogP contribution in [0.2, 0.25) is 0 Å². The van der Waals surface area contributed by atoms with Crippen molar-refractivity contribution in [1.82, 2.24) is 0 Å². The van der Waals surface area contributed by atoms with Crippen LogP contribution in [0, 0.1) is 5.92 Å². The van der Waals surface area contributed by atoms with Crippen LogP contribution in [0.5, 0.6) is 0 Å². The van der Waals surface area contributed by atoms with E-state index in [1.807, 2.05) is 26.8 Å². The monoisotopic (exact) mass is 295 g/mol. The first-order chi connectivity index (χ1) is 9.89.